The zero-order valence-electron chi connectivity index (χ0n) is 11.8. The van der Waals surface area contributed by atoms with E-state index in [0.717, 1.165) is 36.7 Å². The summed E-state index contributed by atoms with van der Waals surface area (Å²) in [7, 11) is 2.06. The Hall–Kier alpha value is -2.36. The molecule has 104 valence electrons. The van der Waals surface area contributed by atoms with E-state index in [4.69, 9.17) is 5.41 Å². The second-order valence-corrected chi connectivity index (χ2v) is 4.72. The van der Waals surface area contributed by atoms with Gasteiger partial charge in [-0.25, -0.2) is 0 Å². The fourth-order valence-electron chi connectivity index (χ4n) is 2.08. The third kappa shape index (κ3) is 3.57. The molecule has 0 bridgehead atoms. The lowest BCUT2D eigenvalue weighted by atomic mass is 10.1. The number of para-hydroxylation sites is 1. The summed E-state index contributed by atoms with van der Waals surface area (Å²) in [5, 5.41) is 10.4. The van der Waals surface area contributed by atoms with Gasteiger partial charge in [-0.3, -0.25) is 4.99 Å². The van der Waals surface area contributed by atoms with Crippen LogP contribution >= 0.6 is 0 Å². The van der Waals surface area contributed by atoms with Crippen molar-refractivity contribution in [1.82, 2.24) is 5.32 Å². The van der Waals surface area contributed by atoms with Gasteiger partial charge in [0.2, 0.25) is 0 Å². The molecule has 0 atom stereocenters. The topological polar surface area (TPSA) is 51.5 Å². The summed E-state index contributed by atoms with van der Waals surface area (Å²) in [6, 6.07) is 8.18. The van der Waals surface area contributed by atoms with E-state index < -0.39 is 0 Å². The average Bonchev–Trinajstić information content (AvgIpc) is 2.97. The van der Waals surface area contributed by atoms with Gasteiger partial charge in [0.25, 0.3) is 0 Å². The number of amidine groups is 1. The Bertz CT molecular complexity index is 557. The van der Waals surface area contributed by atoms with Gasteiger partial charge in [0.15, 0.2) is 0 Å². The van der Waals surface area contributed by atoms with E-state index in [1.165, 1.54) is 6.21 Å². The molecule has 2 N–H and O–H groups in total. The monoisotopic (exact) mass is 268 g/mol. The second-order valence-electron chi connectivity index (χ2n) is 4.72. The zero-order valence-corrected chi connectivity index (χ0v) is 11.8. The van der Waals surface area contributed by atoms with Crippen molar-refractivity contribution in [2.75, 3.05) is 31.6 Å². The Morgan fingerprint density at radius 3 is 3.00 bits per heavy atom. The van der Waals surface area contributed by atoms with Gasteiger partial charge >= 0.3 is 0 Å². The minimum Gasteiger partial charge on any atom is -0.370 e. The first-order chi connectivity index (χ1) is 9.70. The molecule has 1 aromatic rings. The Labute approximate surface area is 120 Å². The molecule has 0 saturated carbocycles. The third-order valence-electron chi connectivity index (χ3n) is 3.14. The number of aliphatic imine (C=N–C) groups is 1. The van der Waals surface area contributed by atoms with E-state index >= 15 is 0 Å². The largest absolute Gasteiger partial charge is 0.370 e. The SMILES string of the molecule is C=C(C=N)/C=C/c1ccccc1N(C)CC1=NCCN1. The van der Waals surface area contributed by atoms with Crippen molar-refractivity contribution in [2.45, 2.75) is 0 Å². The van der Waals surface area contributed by atoms with Crippen LogP contribution < -0.4 is 10.2 Å². The van der Waals surface area contributed by atoms with Crippen molar-refractivity contribution in [3.8, 4) is 0 Å². The van der Waals surface area contributed by atoms with Crippen LogP contribution in [0.4, 0.5) is 5.69 Å². The van der Waals surface area contributed by atoms with Gasteiger partial charge in [-0.15, -0.1) is 0 Å². The lowest BCUT2D eigenvalue weighted by Gasteiger charge is -2.21. The summed E-state index contributed by atoms with van der Waals surface area (Å²) in [5.41, 5.74) is 2.93. The van der Waals surface area contributed by atoms with E-state index in [1.807, 2.05) is 24.3 Å². The normalized spacial score (nSPS) is 13.9. The highest BCUT2D eigenvalue weighted by Crippen LogP contribution is 2.21. The number of hydrogen-bond donors (Lipinski definition) is 2. The number of nitrogens with one attached hydrogen (secondary N) is 2. The molecule has 0 amide bonds. The highest BCUT2D eigenvalue weighted by molar-refractivity contribution is 5.89. The van der Waals surface area contributed by atoms with Gasteiger partial charge in [0, 0.05) is 25.5 Å². The van der Waals surface area contributed by atoms with Gasteiger partial charge in [-0.05, 0) is 17.2 Å². The Morgan fingerprint density at radius 1 is 1.50 bits per heavy atom. The van der Waals surface area contributed by atoms with Gasteiger partial charge < -0.3 is 15.6 Å². The van der Waals surface area contributed by atoms with Crippen molar-refractivity contribution < 1.29 is 0 Å². The zero-order chi connectivity index (χ0) is 14.4. The molecular weight excluding hydrogens is 248 g/mol. The van der Waals surface area contributed by atoms with Crippen molar-refractivity contribution in [1.29, 1.82) is 5.41 Å². The minimum absolute atomic E-state index is 0.685. The van der Waals surface area contributed by atoms with Crippen LogP contribution in [-0.2, 0) is 0 Å². The molecule has 0 saturated heterocycles. The summed E-state index contributed by atoms with van der Waals surface area (Å²) >= 11 is 0. The summed E-state index contributed by atoms with van der Waals surface area (Å²) in [5.74, 6) is 1.04. The first-order valence-electron chi connectivity index (χ1n) is 6.65. The minimum atomic E-state index is 0.685. The fourth-order valence-corrected chi connectivity index (χ4v) is 2.08. The molecule has 2 rings (SSSR count). The highest BCUT2D eigenvalue weighted by Gasteiger charge is 2.10. The summed E-state index contributed by atoms with van der Waals surface area (Å²) < 4.78 is 0. The lowest BCUT2D eigenvalue weighted by Crippen LogP contribution is -2.32. The van der Waals surface area contributed by atoms with Gasteiger partial charge in [0.05, 0.1) is 13.1 Å². The van der Waals surface area contributed by atoms with Crippen LogP contribution in [-0.4, -0.2) is 38.7 Å². The van der Waals surface area contributed by atoms with Crippen LogP contribution in [0.25, 0.3) is 6.08 Å². The molecular formula is C16H20N4. The van der Waals surface area contributed by atoms with Crippen molar-refractivity contribution in [2.24, 2.45) is 4.99 Å². The smallest absolute Gasteiger partial charge is 0.116 e. The van der Waals surface area contributed by atoms with Crippen LogP contribution in [0.15, 0.2) is 47.5 Å². The van der Waals surface area contributed by atoms with E-state index in [9.17, 15) is 0 Å². The molecule has 1 heterocycles. The Balaban J connectivity index is 2.15. The number of nitrogens with zero attached hydrogens (tertiary/aromatic N) is 2. The van der Waals surface area contributed by atoms with E-state index in [0.29, 0.717) is 5.57 Å². The maximum Gasteiger partial charge on any atom is 0.116 e. The highest BCUT2D eigenvalue weighted by atomic mass is 15.2. The molecule has 1 aliphatic rings. The predicted molar refractivity (Wildman–Crippen MR) is 87.0 cm³/mol. The fraction of sp³-hybridized carbons (Fsp3) is 0.250. The van der Waals surface area contributed by atoms with Crippen LogP contribution in [0, 0.1) is 5.41 Å². The van der Waals surface area contributed by atoms with Gasteiger partial charge in [-0.2, -0.15) is 0 Å². The summed E-state index contributed by atoms with van der Waals surface area (Å²) in [6.45, 7) is 6.35. The van der Waals surface area contributed by atoms with Crippen LogP contribution in [0.1, 0.15) is 5.56 Å². The number of anilines is 1. The molecule has 0 aliphatic carbocycles. The van der Waals surface area contributed by atoms with Crippen molar-refractivity contribution in [3.05, 3.63) is 48.1 Å². The molecule has 20 heavy (non-hydrogen) atoms. The average molecular weight is 268 g/mol. The lowest BCUT2D eigenvalue weighted by molar-refractivity contribution is 0.944. The number of hydrogen-bond acceptors (Lipinski definition) is 4. The van der Waals surface area contributed by atoms with Gasteiger partial charge in [-0.1, -0.05) is 36.9 Å². The standard InChI is InChI=1S/C16H20N4/c1-13(11-17)7-8-14-5-3-4-6-15(14)20(2)12-16-18-9-10-19-16/h3-8,11,17H,1,9-10,12H2,2H3,(H,18,19)/b8-7+,17-11?. The first-order valence-corrected chi connectivity index (χ1v) is 6.65. The number of allylic oxidation sites excluding steroid dienone is 2. The molecule has 0 radical (unpaired) electrons. The molecule has 0 unspecified atom stereocenters. The molecule has 4 heteroatoms. The van der Waals surface area contributed by atoms with Crippen molar-refractivity contribution in [3.63, 3.8) is 0 Å². The van der Waals surface area contributed by atoms with Gasteiger partial charge in [0.1, 0.15) is 5.84 Å². The van der Waals surface area contributed by atoms with Crippen LogP contribution in [0.3, 0.4) is 0 Å². The molecule has 1 aromatic carbocycles. The maximum atomic E-state index is 7.15. The van der Waals surface area contributed by atoms with Crippen LogP contribution in [0.2, 0.25) is 0 Å². The number of benzene rings is 1. The van der Waals surface area contributed by atoms with E-state index in [1.54, 1.807) is 0 Å². The second kappa shape index (κ2) is 6.70. The number of likely N-dealkylation sites (N-methyl/N-ethyl adjacent to an activating group) is 1. The third-order valence-corrected chi connectivity index (χ3v) is 3.14. The molecule has 0 aromatic heterocycles. The molecule has 0 spiro atoms. The van der Waals surface area contributed by atoms with E-state index in [-0.39, 0.29) is 0 Å². The van der Waals surface area contributed by atoms with E-state index in [2.05, 4.69) is 41.0 Å². The maximum absolute atomic E-state index is 7.15. The quantitative estimate of drug-likeness (QED) is 0.614. The van der Waals surface area contributed by atoms with Crippen molar-refractivity contribution >= 4 is 23.8 Å². The summed E-state index contributed by atoms with van der Waals surface area (Å²) in [4.78, 5) is 6.59. The summed E-state index contributed by atoms with van der Waals surface area (Å²) in [6.07, 6.45) is 5.09. The number of rotatable bonds is 6. The Morgan fingerprint density at radius 2 is 2.30 bits per heavy atom. The Kier molecular flexibility index (Phi) is 4.71. The molecule has 0 fully saturated rings. The molecule has 4 nitrogen and oxygen atoms in total. The van der Waals surface area contributed by atoms with Crippen LogP contribution in [0.5, 0.6) is 0 Å². The molecule has 1 aliphatic heterocycles. The predicted octanol–water partition coefficient (Wildman–Crippen LogP) is 2.34. The first kappa shape index (κ1) is 14.1.